The van der Waals surface area contributed by atoms with Crippen LogP contribution in [0.15, 0.2) is 54.6 Å². The average Bonchev–Trinajstić information content (AvgIpc) is 3.76. The molecule has 65 heavy (non-hydrogen) atoms. The summed E-state index contributed by atoms with van der Waals surface area (Å²) in [5.74, 6) is 0.530. The zero-order valence-electron chi connectivity index (χ0n) is 37.7. The summed E-state index contributed by atoms with van der Waals surface area (Å²) in [6, 6.07) is 16.7. The van der Waals surface area contributed by atoms with Gasteiger partial charge in [0, 0.05) is 47.3 Å². The van der Waals surface area contributed by atoms with Crippen molar-refractivity contribution in [1.29, 1.82) is 0 Å². The molecule has 7 rings (SSSR count). The molecule has 352 valence electrons. The molecule has 0 spiro atoms. The Morgan fingerprint density at radius 3 is 2.54 bits per heavy atom. The number of ether oxygens (including phenoxy) is 2. The number of ketones is 2. The number of aryl methyl sites for hydroxylation is 2. The first-order chi connectivity index (χ1) is 31.4. The standard InChI is InChI=1S/C51H66N2O10S2/c1-31(56)28-53-43-25-34(7-5-22-54)42(24-36(43)29-55)50(52-21-6-20-51(61)18-3-4-19-51)63-45-27-38(58)14-9-33-11-16-44(60)49(62-2)47(33)40-15-10-32-8-13-37(57)26-41(32)48(40)46-17-12-35(45)23-39(59)30-64-65-46/h8,10-11,13,15-16,24-26,35,39,45-46,50,52-55,57,59-61H,3-7,9,12,14,17-23,27-30H2,1-2H3/t35-,39+,45-,46-,50-/m0/s1. The first-order valence-corrected chi connectivity index (χ1v) is 25.6. The van der Waals surface area contributed by atoms with Crippen LogP contribution in [0.25, 0.3) is 21.9 Å². The van der Waals surface area contributed by atoms with Crippen molar-refractivity contribution < 1.29 is 49.7 Å². The monoisotopic (exact) mass is 930 g/mol. The van der Waals surface area contributed by atoms with Gasteiger partial charge in [0.25, 0.3) is 0 Å². The van der Waals surface area contributed by atoms with E-state index < -0.39 is 24.0 Å². The van der Waals surface area contributed by atoms with E-state index in [0.717, 1.165) is 64.3 Å². The number of hydrogen-bond acceptors (Lipinski definition) is 14. The lowest BCUT2D eigenvalue weighted by Crippen LogP contribution is -2.37. The largest absolute Gasteiger partial charge is 0.508 e. The number of hydrogen-bond donors (Lipinski definition) is 8. The van der Waals surface area contributed by atoms with Gasteiger partial charge < -0.3 is 45.4 Å². The number of fused-ring (bicyclic) bond motifs is 9. The maximum Gasteiger partial charge on any atom is 0.168 e. The minimum absolute atomic E-state index is 0.0154. The SMILES string of the molecule is COc1c(O)ccc2c1-c1ccc3ccc(O)cc3c1[C@@H]1CC[C@@H](C[C@@H](O)CSS1)[C@@H](O[C@H](NCCCC1(O)CCCC1)c1cc(CO)c(NCC(C)=O)cc1CCCO)CC(=O)CC2. The average molecular weight is 931 g/mol. The number of aliphatic hydroxyl groups excluding tert-OH is 3. The molecule has 0 aromatic heterocycles. The third-order valence-electron chi connectivity index (χ3n) is 13.5. The van der Waals surface area contributed by atoms with Gasteiger partial charge in [-0.15, -0.1) is 0 Å². The van der Waals surface area contributed by atoms with Crippen molar-refractivity contribution in [2.75, 3.05) is 37.9 Å². The van der Waals surface area contributed by atoms with E-state index in [4.69, 9.17) is 9.47 Å². The number of phenols is 2. The quantitative estimate of drug-likeness (QED) is 0.0302. The van der Waals surface area contributed by atoms with Gasteiger partial charge in [0.05, 0.1) is 38.1 Å². The van der Waals surface area contributed by atoms with Crippen molar-refractivity contribution in [2.45, 2.75) is 133 Å². The number of anilines is 1. The molecule has 4 aromatic rings. The second-order valence-electron chi connectivity index (χ2n) is 18.2. The lowest BCUT2D eigenvalue weighted by atomic mass is 9.85. The summed E-state index contributed by atoms with van der Waals surface area (Å²) in [6.07, 6.45) is 5.96. The number of methoxy groups -OCH3 is 1. The molecule has 5 atom stereocenters. The van der Waals surface area contributed by atoms with E-state index in [0.29, 0.717) is 86.2 Å². The van der Waals surface area contributed by atoms with Crippen LogP contribution in [0.2, 0.25) is 0 Å². The molecule has 0 amide bonds. The number of nitrogens with one attached hydrogen (secondary N) is 2. The third-order valence-corrected chi connectivity index (χ3v) is 16.3. The van der Waals surface area contributed by atoms with Gasteiger partial charge in [-0.25, -0.2) is 0 Å². The van der Waals surface area contributed by atoms with Crippen molar-refractivity contribution in [3.63, 3.8) is 0 Å². The molecule has 4 aromatic carbocycles. The molecular weight excluding hydrogens is 865 g/mol. The molecule has 8 N–H and O–H groups in total. The normalized spacial score (nSPS) is 21.8. The molecule has 0 radical (unpaired) electrons. The van der Waals surface area contributed by atoms with E-state index in [9.17, 15) is 40.2 Å². The van der Waals surface area contributed by atoms with Crippen LogP contribution in [0.4, 0.5) is 5.69 Å². The fourth-order valence-corrected chi connectivity index (χ4v) is 13.0. The molecule has 1 saturated heterocycles. The summed E-state index contributed by atoms with van der Waals surface area (Å²) in [7, 11) is 4.81. The number of carbonyl (C=O) groups is 2. The minimum atomic E-state index is -0.771. The topological polar surface area (TPSA) is 198 Å². The van der Waals surface area contributed by atoms with Crippen LogP contribution in [0.1, 0.15) is 123 Å². The highest BCUT2D eigenvalue weighted by atomic mass is 33.1. The van der Waals surface area contributed by atoms with Gasteiger partial charge in [-0.3, -0.25) is 14.9 Å². The summed E-state index contributed by atoms with van der Waals surface area (Å²) in [5, 5.41) is 74.2. The number of aromatic hydroxyl groups is 2. The highest BCUT2D eigenvalue weighted by Gasteiger charge is 2.36. The summed E-state index contributed by atoms with van der Waals surface area (Å²) >= 11 is 0. The van der Waals surface area contributed by atoms with Gasteiger partial charge in [0.2, 0.25) is 0 Å². The van der Waals surface area contributed by atoms with Crippen LogP contribution in [0.3, 0.4) is 0 Å². The maximum absolute atomic E-state index is 14.5. The Hall–Kier alpha value is -3.86. The lowest BCUT2D eigenvalue weighted by molar-refractivity contribution is -0.127. The summed E-state index contributed by atoms with van der Waals surface area (Å²) in [5.41, 5.74) is 5.47. The molecule has 1 heterocycles. The number of Topliss-reactive ketones (excluding diaryl/α,β-unsaturated/α-hetero) is 2. The zero-order chi connectivity index (χ0) is 46.1. The van der Waals surface area contributed by atoms with Crippen LogP contribution in [0.5, 0.6) is 17.2 Å². The molecule has 2 bridgehead atoms. The summed E-state index contributed by atoms with van der Waals surface area (Å²) in [4.78, 5) is 26.5. The highest BCUT2D eigenvalue weighted by molar-refractivity contribution is 8.76. The van der Waals surface area contributed by atoms with Crippen molar-refractivity contribution in [3.8, 4) is 28.4 Å². The van der Waals surface area contributed by atoms with Gasteiger partial charge in [-0.2, -0.15) is 0 Å². The van der Waals surface area contributed by atoms with Crippen molar-refractivity contribution in [1.82, 2.24) is 5.32 Å². The number of phenolic OH excluding ortho intramolecular Hbond substituents is 2. The molecule has 2 fully saturated rings. The number of carbonyl (C=O) groups excluding carboxylic acids is 2. The van der Waals surface area contributed by atoms with Gasteiger partial charge >= 0.3 is 0 Å². The molecule has 0 unspecified atom stereocenters. The van der Waals surface area contributed by atoms with Crippen molar-refractivity contribution in [2.24, 2.45) is 5.92 Å². The first kappa shape index (κ1) is 49.1. The second-order valence-corrected chi connectivity index (χ2v) is 20.8. The van der Waals surface area contributed by atoms with E-state index in [-0.39, 0.29) is 66.8 Å². The molecule has 1 aliphatic heterocycles. The Balaban J connectivity index is 1.33. The van der Waals surface area contributed by atoms with E-state index in [1.165, 1.54) is 14.0 Å². The Morgan fingerprint density at radius 1 is 0.985 bits per heavy atom. The molecule has 12 nitrogen and oxygen atoms in total. The first-order valence-electron chi connectivity index (χ1n) is 23.2. The highest BCUT2D eigenvalue weighted by Crippen LogP contribution is 2.53. The number of rotatable bonds is 16. The predicted molar refractivity (Wildman–Crippen MR) is 259 cm³/mol. The van der Waals surface area contributed by atoms with Crippen LogP contribution in [-0.2, 0) is 33.8 Å². The van der Waals surface area contributed by atoms with Crippen molar-refractivity contribution in [3.05, 3.63) is 82.4 Å². The van der Waals surface area contributed by atoms with Gasteiger partial charge in [0.15, 0.2) is 11.5 Å². The van der Waals surface area contributed by atoms with E-state index in [2.05, 4.69) is 10.6 Å². The second kappa shape index (κ2) is 22.8. The Labute approximate surface area is 390 Å². The van der Waals surface area contributed by atoms with Crippen LogP contribution in [-0.4, -0.2) is 92.6 Å². The Morgan fingerprint density at radius 2 is 1.78 bits per heavy atom. The van der Waals surface area contributed by atoms with Gasteiger partial charge in [-0.1, -0.05) is 58.7 Å². The number of benzene rings is 4. The molecule has 3 aliphatic rings. The maximum atomic E-state index is 14.5. The Bertz CT molecular complexity index is 2280. The van der Waals surface area contributed by atoms with Crippen LogP contribution < -0.4 is 15.4 Å². The van der Waals surface area contributed by atoms with Gasteiger partial charge in [-0.05, 0) is 153 Å². The summed E-state index contributed by atoms with van der Waals surface area (Å²) < 4.78 is 13.2. The van der Waals surface area contributed by atoms with Crippen molar-refractivity contribution >= 4 is 49.6 Å². The van der Waals surface area contributed by atoms with E-state index >= 15 is 0 Å². The molecule has 1 saturated carbocycles. The van der Waals surface area contributed by atoms with Crippen LogP contribution in [0, 0.1) is 5.92 Å². The smallest absolute Gasteiger partial charge is 0.168 e. The Kier molecular flexibility index (Phi) is 17.2. The fraction of sp³-hybridized carbons (Fsp3) is 0.529. The van der Waals surface area contributed by atoms with E-state index in [1.807, 2.05) is 36.4 Å². The molecule has 2 aliphatic carbocycles. The van der Waals surface area contributed by atoms with Crippen LogP contribution >= 0.6 is 21.6 Å². The third kappa shape index (κ3) is 12.2. The minimum Gasteiger partial charge on any atom is -0.508 e. The molecule has 14 heteroatoms. The lowest BCUT2D eigenvalue weighted by Gasteiger charge is -2.34. The number of aliphatic hydroxyl groups is 4. The fourth-order valence-electron chi connectivity index (χ4n) is 10.1. The van der Waals surface area contributed by atoms with Gasteiger partial charge in [0.1, 0.15) is 23.5 Å². The summed E-state index contributed by atoms with van der Waals surface area (Å²) in [6.45, 7) is 1.72. The molecular formula is C51H66N2O10S2. The zero-order valence-corrected chi connectivity index (χ0v) is 39.3. The van der Waals surface area contributed by atoms with E-state index in [1.54, 1.807) is 39.8 Å². The predicted octanol–water partition coefficient (Wildman–Crippen LogP) is 8.59.